The number of methoxy groups -OCH3 is 1. The lowest BCUT2D eigenvalue weighted by atomic mass is 9.91. The third-order valence-electron chi connectivity index (χ3n) is 3.64. The number of benzene rings is 1. The van der Waals surface area contributed by atoms with Gasteiger partial charge in [0.1, 0.15) is 5.75 Å². The molecule has 0 spiro atoms. The van der Waals surface area contributed by atoms with Crippen molar-refractivity contribution < 1.29 is 9.53 Å². The molecule has 0 atom stereocenters. The highest BCUT2D eigenvalue weighted by molar-refractivity contribution is 6.01. The van der Waals surface area contributed by atoms with E-state index in [4.69, 9.17) is 4.74 Å². The molecule has 0 heterocycles. The van der Waals surface area contributed by atoms with Gasteiger partial charge >= 0.3 is 0 Å². The van der Waals surface area contributed by atoms with Gasteiger partial charge in [0, 0.05) is 5.92 Å². The van der Waals surface area contributed by atoms with Crippen molar-refractivity contribution in [2.24, 2.45) is 5.92 Å². The fourth-order valence-corrected chi connectivity index (χ4v) is 2.80. The normalized spacial score (nSPS) is 16.2. The molecule has 0 bridgehead atoms. The zero-order valence-corrected chi connectivity index (χ0v) is 10.9. The number of hydrogen-bond acceptors (Lipinski definition) is 2. The minimum atomic E-state index is 0.213. The SMILES string of the molecule is COc1cc(C)cc(C)c1C(=O)C1CCCC1. The van der Waals surface area contributed by atoms with Crippen LogP contribution in [0.15, 0.2) is 12.1 Å². The second-order valence-electron chi connectivity index (χ2n) is 5.00. The van der Waals surface area contributed by atoms with E-state index in [0.717, 1.165) is 35.3 Å². The predicted molar refractivity (Wildman–Crippen MR) is 68.8 cm³/mol. The van der Waals surface area contributed by atoms with Gasteiger partial charge in [-0.2, -0.15) is 0 Å². The maximum absolute atomic E-state index is 12.5. The van der Waals surface area contributed by atoms with Crippen molar-refractivity contribution >= 4 is 5.78 Å². The molecule has 0 saturated heterocycles. The monoisotopic (exact) mass is 232 g/mol. The highest BCUT2D eigenvalue weighted by Gasteiger charge is 2.27. The molecule has 0 amide bonds. The van der Waals surface area contributed by atoms with Crippen molar-refractivity contribution in [2.75, 3.05) is 7.11 Å². The summed E-state index contributed by atoms with van der Waals surface area (Å²) in [5.41, 5.74) is 2.98. The van der Waals surface area contributed by atoms with Crippen LogP contribution in [-0.4, -0.2) is 12.9 Å². The van der Waals surface area contributed by atoms with E-state index in [0.29, 0.717) is 0 Å². The van der Waals surface area contributed by atoms with Gasteiger partial charge in [0.15, 0.2) is 5.78 Å². The Hall–Kier alpha value is -1.31. The third kappa shape index (κ3) is 2.36. The van der Waals surface area contributed by atoms with Gasteiger partial charge in [-0.25, -0.2) is 0 Å². The van der Waals surface area contributed by atoms with E-state index in [2.05, 4.69) is 6.07 Å². The molecule has 1 aromatic carbocycles. The maximum Gasteiger partial charge on any atom is 0.169 e. The summed E-state index contributed by atoms with van der Waals surface area (Å²) in [7, 11) is 1.64. The molecule has 2 nitrogen and oxygen atoms in total. The molecule has 1 saturated carbocycles. The van der Waals surface area contributed by atoms with E-state index in [1.165, 1.54) is 12.8 Å². The average Bonchev–Trinajstić information content (AvgIpc) is 2.80. The molecule has 17 heavy (non-hydrogen) atoms. The summed E-state index contributed by atoms with van der Waals surface area (Å²) in [6.45, 7) is 4.02. The van der Waals surface area contributed by atoms with Crippen molar-refractivity contribution in [1.82, 2.24) is 0 Å². The molecule has 2 heteroatoms. The number of carbonyl (C=O) groups excluding carboxylic acids is 1. The first-order valence-electron chi connectivity index (χ1n) is 6.33. The smallest absolute Gasteiger partial charge is 0.169 e. The number of ether oxygens (including phenoxy) is 1. The fraction of sp³-hybridized carbons (Fsp3) is 0.533. The second kappa shape index (κ2) is 4.91. The zero-order chi connectivity index (χ0) is 12.4. The van der Waals surface area contributed by atoms with Crippen LogP contribution in [0.5, 0.6) is 5.75 Å². The standard InChI is InChI=1S/C15H20O2/c1-10-8-11(2)14(13(9-10)17-3)15(16)12-6-4-5-7-12/h8-9,12H,4-7H2,1-3H3. The zero-order valence-electron chi connectivity index (χ0n) is 10.9. The quantitative estimate of drug-likeness (QED) is 0.743. The summed E-state index contributed by atoms with van der Waals surface area (Å²) >= 11 is 0. The molecule has 1 aromatic rings. The molecule has 1 fully saturated rings. The Bertz CT molecular complexity index is 429. The molecular weight excluding hydrogens is 212 g/mol. The number of hydrogen-bond donors (Lipinski definition) is 0. The Morgan fingerprint density at radius 1 is 1.24 bits per heavy atom. The van der Waals surface area contributed by atoms with Crippen LogP contribution in [-0.2, 0) is 0 Å². The van der Waals surface area contributed by atoms with Crippen LogP contribution in [0, 0.1) is 19.8 Å². The molecule has 1 aliphatic carbocycles. The Balaban J connectivity index is 2.39. The average molecular weight is 232 g/mol. The molecule has 0 N–H and O–H groups in total. The van der Waals surface area contributed by atoms with Crippen LogP contribution < -0.4 is 4.74 Å². The first kappa shape index (κ1) is 12.2. The van der Waals surface area contributed by atoms with E-state index in [9.17, 15) is 4.79 Å². The topological polar surface area (TPSA) is 26.3 Å². The van der Waals surface area contributed by atoms with E-state index in [1.807, 2.05) is 19.9 Å². The summed E-state index contributed by atoms with van der Waals surface area (Å²) in [4.78, 5) is 12.5. The molecule has 92 valence electrons. The lowest BCUT2D eigenvalue weighted by Gasteiger charge is -2.15. The number of Topliss-reactive ketones (excluding diaryl/α,β-unsaturated/α-hetero) is 1. The minimum Gasteiger partial charge on any atom is -0.496 e. The van der Waals surface area contributed by atoms with Gasteiger partial charge in [0.2, 0.25) is 0 Å². The maximum atomic E-state index is 12.5. The minimum absolute atomic E-state index is 0.213. The van der Waals surface area contributed by atoms with Gasteiger partial charge in [-0.15, -0.1) is 0 Å². The summed E-state index contributed by atoms with van der Waals surface area (Å²) in [6.07, 6.45) is 4.44. The molecule has 2 rings (SSSR count). The predicted octanol–water partition coefficient (Wildman–Crippen LogP) is 3.68. The highest BCUT2D eigenvalue weighted by Crippen LogP contribution is 2.33. The largest absolute Gasteiger partial charge is 0.496 e. The number of ketones is 1. The first-order valence-corrected chi connectivity index (χ1v) is 6.33. The van der Waals surface area contributed by atoms with E-state index in [1.54, 1.807) is 7.11 Å². The van der Waals surface area contributed by atoms with Gasteiger partial charge in [-0.3, -0.25) is 4.79 Å². The number of rotatable bonds is 3. The van der Waals surface area contributed by atoms with Gasteiger partial charge in [0.05, 0.1) is 12.7 Å². The first-order chi connectivity index (χ1) is 8.13. The number of carbonyl (C=O) groups is 1. The third-order valence-corrected chi connectivity index (χ3v) is 3.64. The van der Waals surface area contributed by atoms with E-state index in [-0.39, 0.29) is 11.7 Å². The summed E-state index contributed by atoms with van der Waals surface area (Å²) in [6, 6.07) is 4.01. The highest BCUT2D eigenvalue weighted by atomic mass is 16.5. The van der Waals surface area contributed by atoms with Gasteiger partial charge in [0.25, 0.3) is 0 Å². The van der Waals surface area contributed by atoms with Crippen LogP contribution in [0.3, 0.4) is 0 Å². The lowest BCUT2D eigenvalue weighted by molar-refractivity contribution is 0.0919. The van der Waals surface area contributed by atoms with Crippen molar-refractivity contribution in [2.45, 2.75) is 39.5 Å². The number of aryl methyl sites for hydroxylation is 2. The van der Waals surface area contributed by atoms with Crippen molar-refractivity contribution in [1.29, 1.82) is 0 Å². The van der Waals surface area contributed by atoms with Crippen LogP contribution in [0.2, 0.25) is 0 Å². The fourth-order valence-electron chi connectivity index (χ4n) is 2.80. The molecule has 0 aliphatic heterocycles. The summed E-state index contributed by atoms with van der Waals surface area (Å²) < 4.78 is 5.37. The molecule has 0 unspecified atom stereocenters. The van der Waals surface area contributed by atoms with E-state index >= 15 is 0 Å². The Labute approximate surface area is 103 Å². The Kier molecular flexibility index (Phi) is 3.51. The second-order valence-corrected chi connectivity index (χ2v) is 5.00. The van der Waals surface area contributed by atoms with Gasteiger partial charge in [-0.1, -0.05) is 18.9 Å². The van der Waals surface area contributed by atoms with Crippen molar-refractivity contribution in [3.63, 3.8) is 0 Å². The molecule has 1 aliphatic rings. The van der Waals surface area contributed by atoms with Gasteiger partial charge < -0.3 is 4.74 Å². The Morgan fingerprint density at radius 3 is 2.47 bits per heavy atom. The van der Waals surface area contributed by atoms with E-state index < -0.39 is 0 Å². The van der Waals surface area contributed by atoms with Crippen molar-refractivity contribution in [3.05, 3.63) is 28.8 Å². The Morgan fingerprint density at radius 2 is 1.88 bits per heavy atom. The van der Waals surface area contributed by atoms with Crippen LogP contribution in [0.1, 0.15) is 47.2 Å². The van der Waals surface area contributed by atoms with Crippen molar-refractivity contribution in [3.8, 4) is 5.75 Å². The molecule has 0 aromatic heterocycles. The molecular formula is C15H20O2. The lowest BCUT2D eigenvalue weighted by Crippen LogP contribution is -2.14. The summed E-state index contributed by atoms with van der Waals surface area (Å²) in [5, 5.41) is 0. The van der Waals surface area contributed by atoms with Gasteiger partial charge in [-0.05, 0) is 43.9 Å². The van der Waals surface area contributed by atoms with Crippen LogP contribution >= 0.6 is 0 Å². The summed E-state index contributed by atoms with van der Waals surface area (Å²) in [5.74, 6) is 1.22. The molecule has 0 radical (unpaired) electrons. The van der Waals surface area contributed by atoms with Crippen LogP contribution in [0.25, 0.3) is 0 Å². The van der Waals surface area contributed by atoms with Crippen LogP contribution in [0.4, 0.5) is 0 Å².